The highest BCUT2D eigenvalue weighted by Gasteiger charge is 2.54. The highest BCUT2D eigenvalue weighted by molar-refractivity contribution is 6.31. The fraction of sp³-hybridized carbons (Fsp3) is 0.192. The monoisotopic (exact) mass is 584 g/mol. The van der Waals surface area contributed by atoms with Crippen molar-refractivity contribution in [2.24, 2.45) is 5.92 Å². The average Bonchev–Trinajstić information content (AvgIpc) is 3.22. The van der Waals surface area contributed by atoms with Crippen LogP contribution < -0.4 is 16.0 Å². The zero-order valence-corrected chi connectivity index (χ0v) is 21.4. The third-order valence-electron chi connectivity index (χ3n) is 7.35. The number of pyridine rings is 1. The molecule has 3 N–H and O–H groups in total. The molecule has 41 heavy (non-hydrogen) atoms. The maximum Gasteiger partial charge on any atom is 0.573 e. The number of benzene rings is 2. The van der Waals surface area contributed by atoms with Gasteiger partial charge in [-0.15, -0.1) is 18.3 Å². The van der Waals surface area contributed by atoms with E-state index >= 15 is 4.39 Å². The Morgan fingerprint density at radius 3 is 2.68 bits per heavy atom. The third-order valence-corrected chi connectivity index (χ3v) is 7.59. The van der Waals surface area contributed by atoms with Crippen LogP contribution >= 0.6 is 11.6 Å². The first kappa shape index (κ1) is 25.3. The van der Waals surface area contributed by atoms with Crippen LogP contribution in [0, 0.1) is 11.9 Å². The van der Waals surface area contributed by atoms with Crippen LogP contribution in [-0.2, 0) is 0 Å². The molecule has 3 aromatic heterocycles. The summed E-state index contributed by atoms with van der Waals surface area (Å²) in [5.74, 6) is -1.37. The van der Waals surface area contributed by atoms with Crippen molar-refractivity contribution < 1.29 is 22.3 Å². The lowest BCUT2D eigenvalue weighted by Crippen LogP contribution is -2.26. The molecule has 0 spiro atoms. The van der Waals surface area contributed by atoms with Gasteiger partial charge in [-0.1, -0.05) is 17.7 Å². The SMILES string of the molecule is Nc1ccc(-c2[nH]c([C@@H]3[C@H]4C[C@H]4c4cc(-c5cc(Cl)ccc5-n5cnnn5)cc(=O)n43)nc2F)cc1OC(F)(F)F. The van der Waals surface area contributed by atoms with E-state index in [1.165, 1.54) is 29.2 Å². The number of nitrogens with one attached hydrogen (secondary N) is 1. The summed E-state index contributed by atoms with van der Waals surface area (Å²) < 4.78 is 60.5. The summed E-state index contributed by atoms with van der Waals surface area (Å²) in [5, 5.41) is 11.8. The number of fused-ring (bicyclic) bond motifs is 3. The molecule has 10 nitrogen and oxygen atoms in total. The fourth-order valence-electron chi connectivity index (χ4n) is 5.57. The van der Waals surface area contributed by atoms with E-state index in [4.69, 9.17) is 17.3 Å². The van der Waals surface area contributed by atoms with Gasteiger partial charge in [0.25, 0.3) is 5.56 Å². The van der Waals surface area contributed by atoms with Crippen molar-refractivity contribution in [2.75, 3.05) is 5.73 Å². The molecule has 208 valence electrons. The first-order chi connectivity index (χ1) is 19.6. The molecule has 1 saturated carbocycles. The van der Waals surface area contributed by atoms with Gasteiger partial charge in [0.2, 0.25) is 5.95 Å². The van der Waals surface area contributed by atoms with E-state index in [1.54, 1.807) is 22.8 Å². The Balaban J connectivity index is 1.28. The highest BCUT2D eigenvalue weighted by atomic mass is 35.5. The Bertz CT molecular complexity index is 1890. The quantitative estimate of drug-likeness (QED) is 0.223. The number of halogens is 5. The van der Waals surface area contributed by atoms with Crippen LogP contribution in [0.5, 0.6) is 5.75 Å². The number of ether oxygens (including phenoxy) is 1. The molecule has 0 radical (unpaired) electrons. The minimum atomic E-state index is -4.98. The summed E-state index contributed by atoms with van der Waals surface area (Å²) in [6.45, 7) is 0. The lowest BCUT2D eigenvalue weighted by atomic mass is 10.0. The van der Waals surface area contributed by atoms with Gasteiger partial charge in [0, 0.05) is 33.8 Å². The predicted molar refractivity (Wildman–Crippen MR) is 138 cm³/mol. The number of alkyl halides is 3. The summed E-state index contributed by atoms with van der Waals surface area (Å²) in [6, 6.07) is 11.5. The minimum Gasteiger partial charge on any atom is -0.404 e. The number of rotatable bonds is 5. The molecule has 0 amide bonds. The number of anilines is 1. The minimum absolute atomic E-state index is 0.00904. The van der Waals surface area contributed by atoms with Crippen LogP contribution in [0.25, 0.3) is 28.1 Å². The number of nitrogen functional groups attached to an aromatic ring is 1. The number of nitrogens with zero attached hydrogens (tertiary/aromatic N) is 6. The molecule has 7 rings (SSSR count). The predicted octanol–water partition coefficient (Wildman–Crippen LogP) is 4.86. The topological polar surface area (TPSA) is 130 Å². The summed E-state index contributed by atoms with van der Waals surface area (Å²) in [4.78, 5) is 20.4. The van der Waals surface area contributed by atoms with Gasteiger partial charge < -0.3 is 20.0 Å². The summed E-state index contributed by atoms with van der Waals surface area (Å²) in [7, 11) is 0. The van der Waals surface area contributed by atoms with Gasteiger partial charge in [-0.05, 0) is 64.7 Å². The molecule has 1 aliphatic heterocycles. The van der Waals surface area contributed by atoms with Gasteiger partial charge in [-0.2, -0.15) is 9.07 Å². The van der Waals surface area contributed by atoms with Crippen LogP contribution in [0.4, 0.5) is 23.2 Å². The van der Waals surface area contributed by atoms with Gasteiger partial charge in [0.15, 0.2) is 5.75 Å². The standard InChI is InChI=1S/C26H17ClF4N8O2/c27-13-2-4-18(38-10-33-36-37-38)14(8-13)12-5-19-15-9-16(15)23(39(19)21(40)7-12)25-34-22(24(28)35-25)11-1-3-17(32)20(6-11)41-26(29,30)31/h1-8,10,15-16,23H,9,32H2,(H,34,35)/t15-,16+,23+/m1/s1. The molecule has 0 bridgehead atoms. The zero-order chi connectivity index (χ0) is 28.6. The van der Waals surface area contributed by atoms with E-state index < -0.39 is 24.1 Å². The van der Waals surface area contributed by atoms with E-state index in [9.17, 15) is 18.0 Å². The first-order valence-corrected chi connectivity index (χ1v) is 12.7. The van der Waals surface area contributed by atoms with Crippen molar-refractivity contribution in [1.29, 1.82) is 0 Å². The van der Waals surface area contributed by atoms with Crippen molar-refractivity contribution in [2.45, 2.75) is 24.7 Å². The summed E-state index contributed by atoms with van der Waals surface area (Å²) >= 11 is 6.28. The van der Waals surface area contributed by atoms with Crippen LogP contribution in [0.2, 0.25) is 5.02 Å². The molecule has 3 atom stereocenters. The Kier molecular flexibility index (Phi) is 5.48. The van der Waals surface area contributed by atoms with E-state index in [0.717, 1.165) is 18.2 Å². The van der Waals surface area contributed by atoms with Crippen LogP contribution in [0.15, 0.2) is 59.7 Å². The number of aromatic amines is 1. The van der Waals surface area contributed by atoms with E-state index in [0.29, 0.717) is 21.8 Å². The van der Waals surface area contributed by atoms with E-state index in [-0.39, 0.29) is 40.2 Å². The summed E-state index contributed by atoms with van der Waals surface area (Å²) in [5.41, 5.74) is 7.58. The van der Waals surface area contributed by atoms with Crippen LogP contribution in [0.1, 0.15) is 29.9 Å². The number of aromatic nitrogens is 7. The second-order valence-electron chi connectivity index (χ2n) is 9.83. The maximum absolute atomic E-state index is 15.1. The second-order valence-corrected chi connectivity index (χ2v) is 10.3. The van der Waals surface area contributed by atoms with Crippen molar-refractivity contribution in [3.05, 3.63) is 87.7 Å². The van der Waals surface area contributed by atoms with Gasteiger partial charge in [-0.25, -0.2) is 4.98 Å². The molecule has 1 aliphatic carbocycles. The molecule has 4 heterocycles. The molecule has 5 aromatic rings. The highest BCUT2D eigenvalue weighted by Crippen LogP contribution is 2.60. The summed E-state index contributed by atoms with van der Waals surface area (Å²) in [6.07, 6.45) is -2.79. The molecule has 0 unspecified atom stereocenters. The van der Waals surface area contributed by atoms with Crippen molar-refractivity contribution >= 4 is 17.3 Å². The Labute approximate surface area is 232 Å². The fourth-order valence-corrected chi connectivity index (χ4v) is 5.75. The van der Waals surface area contributed by atoms with Gasteiger partial charge in [0.1, 0.15) is 17.8 Å². The van der Waals surface area contributed by atoms with Crippen molar-refractivity contribution in [1.82, 2.24) is 34.7 Å². The Hall–Kier alpha value is -4.72. The van der Waals surface area contributed by atoms with Crippen LogP contribution in [-0.4, -0.2) is 41.1 Å². The normalized spacial score (nSPS) is 19.2. The average molecular weight is 585 g/mol. The largest absolute Gasteiger partial charge is 0.573 e. The zero-order valence-electron chi connectivity index (χ0n) is 20.6. The number of tetrazole rings is 1. The Morgan fingerprint density at radius 1 is 1.10 bits per heavy atom. The van der Waals surface area contributed by atoms with Crippen molar-refractivity contribution in [3.8, 4) is 33.8 Å². The Morgan fingerprint density at radius 2 is 1.93 bits per heavy atom. The lowest BCUT2D eigenvalue weighted by Gasteiger charge is -2.17. The first-order valence-electron chi connectivity index (χ1n) is 12.3. The molecule has 2 aromatic carbocycles. The number of hydrogen-bond donors (Lipinski definition) is 2. The molecular formula is C26H17ClF4N8O2. The number of nitrogens with two attached hydrogens (primary N) is 1. The third kappa shape index (κ3) is 4.30. The number of imidazole rings is 1. The van der Waals surface area contributed by atoms with Gasteiger partial charge in [0.05, 0.1) is 17.4 Å². The second kappa shape index (κ2) is 8.89. The molecule has 15 heteroatoms. The molecule has 0 saturated heterocycles. The smallest absolute Gasteiger partial charge is 0.404 e. The van der Waals surface area contributed by atoms with Gasteiger partial charge >= 0.3 is 6.36 Å². The molecular weight excluding hydrogens is 568 g/mol. The lowest BCUT2D eigenvalue weighted by molar-refractivity contribution is -0.274. The number of H-pyrrole nitrogens is 1. The maximum atomic E-state index is 15.1. The molecule has 1 fully saturated rings. The van der Waals surface area contributed by atoms with Crippen LogP contribution in [0.3, 0.4) is 0 Å². The van der Waals surface area contributed by atoms with Gasteiger partial charge in [-0.3, -0.25) is 4.79 Å². The van der Waals surface area contributed by atoms with Crippen molar-refractivity contribution in [3.63, 3.8) is 0 Å². The molecule has 2 aliphatic rings. The van der Waals surface area contributed by atoms with E-state index in [2.05, 4.69) is 30.2 Å². The van der Waals surface area contributed by atoms with E-state index in [1.807, 2.05) is 6.07 Å². The number of hydrogen-bond acceptors (Lipinski definition) is 7.